The van der Waals surface area contributed by atoms with Gasteiger partial charge in [-0.15, -0.1) is 0 Å². The zero-order valence-electron chi connectivity index (χ0n) is 9.96. The van der Waals surface area contributed by atoms with Crippen molar-refractivity contribution in [3.63, 3.8) is 0 Å². The van der Waals surface area contributed by atoms with E-state index in [2.05, 4.69) is 22.4 Å². The molecule has 0 saturated heterocycles. The SMILES string of the molecule is Cc1cc2c(NCC(C)(C)O)cccc2[nH]1. The van der Waals surface area contributed by atoms with Gasteiger partial charge in [0.15, 0.2) is 0 Å². The van der Waals surface area contributed by atoms with Gasteiger partial charge in [0.1, 0.15) is 0 Å². The van der Waals surface area contributed by atoms with Crippen LogP contribution in [-0.4, -0.2) is 22.2 Å². The standard InChI is InChI=1S/C13H18N2O/c1-9-7-10-11(14-8-13(2,3)16)5-4-6-12(10)15-9/h4-7,14-16H,8H2,1-3H3. The summed E-state index contributed by atoms with van der Waals surface area (Å²) in [7, 11) is 0. The van der Waals surface area contributed by atoms with Gasteiger partial charge in [-0.05, 0) is 39.0 Å². The molecule has 0 atom stereocenters. The van der Waals surface area contributed by atoms with E-state index in [0.29, 0.717) is 6.54 Å². The van der Waals surface area contributed by atoms with Gasteiger partial charge in [-0.2, -0.15) is 0 Å². The summed E-state index contributed by atoms with van der Waals surface area (Å²) in [5.74, 6) is 0. The molecule has 0 bridgehead atoms. The number of aliphatic hydroxyl groups is 1. The molecule has 16 heavy (non-hydrogen) atoms. The van der Waals surface area contributed by atoms with E-state index < -0.39 is 5.60 Å². The number of rotatable bonds is 3. The van der Waals surface area contributed by atoms with E-state index in [1.807, 2.05) is 19.1 Å². The second-order valence-corrected chi connectivity index (χ2v) is 4.89. The predicted octanol–water partition coefficient (Wildman–Crippen LogP) is 2.66. The molecule has 2 rings (SSSR count). The minimum atomic E-state index is -0.701. The van der Waals surface area contributed by atoms with E-state index in [-0.39, 0.29) is 0 Å². The maximum absolute atomic E-state index is 9.69. The van der Waals surface area contributed by atoms with Crippen molar-refractivity contribution in [2.75, 3.05) is 11.9 Å². The largest absolute Gasteiger partial charge is 0.389 e. The van der Waals surface area contributed by atoms with Gasteiger partial charge in [0, 0.05) is 28.8 Å². The van der Waals surface area contributed by atoms with Gasteiger partial charge in [0.05, 0.1) is 5.60 Å². The molecule has 0 unspecified atom stereocenters. The molecule has 3 nitrogen and oxygen atoms in total. The molecular weight excluding hydrogens is 200 g/mol. The van der Waals surface area contributed by atoms with Gasteiger partial charge in [-0.3, -0.25) is 0 Å². The van der Waals surface area contributed by atoms with Crippen molar-refractivity contribution in [2.24, 2.45) is 0 Å². The second kappa shape index (κ2) is 3.83. The summed E-state index contributed by atoms with van der Waals surface area (Å²) in [5.41, 5.74) is 2.63. The van der Waals surface area contributed by atoms with Gasteiger partial charge in [0.2, 0.25) is 0 Å². The van der Waals surface area contributed by atoms with Gasteiger partial charge < -0.3 is 15.4 Å². The van der Waals surface area contributed by atoms with Crippen LogP contribution in [0.25, 0.3) is 10.9 Å². The first-order chi connectivity index (χ1) is 7.46. The molecule has 0 amide bonds. The van der Waals surface area contributed by atoms with E-state index in [9.17, 15) is 5.11 Å². The van der Waals surface area contributed by atoms with Gasteiger partial charge in [-0.1, -0.05) is 6.07 Å². The molecule has 0 fully saturated rings. The molecule has 0 saturated carbocycles. The number of H-pyrrole nitrogens is 1. The monoisotopic (exact) mass is 218 g/mol. The van der Waals surface area contributed by atoms with Crippen LogP contribution in [0.3, 0.4) is 0 Å². The van der Waals surface area contributed by atoms with Crippen LogP contribution in [0.15, 0.2) is 24.3 Å². The maximum Gasteiger partial charge on any atom is 0.0763 e. The highest BCUT2D eigenvalue weighted by Gasteiger charge is 2.12. The number of benzene rings is 1. The summed E-state index contributed by atoms with van der Waals surface area (Å²) in [6.07, 6.45) is 0. The zero-order chi connectivity index (χ0) is 11.8. The molecule has 1 aromatic carbocycles. The van der Waals surface area contributed by atoms with Crippen LogP contribution in [-0.2, 0) is 0 Å². The van der Waals surface area contributed by atoms with E-state index in [0.717, 1.165) is 16.9 Å². The highest BCUT2D eigenvalue weighted by molar-refractivity contribution is 5.92. The van der Waals surface area contributed by atoms with Crippen molar-refractivity contribution in [3.8, 4) is 0 Å². The summed E-state index contributed by atoms with van der Waals surface area (Å²) < 4.78 is 0. The summed E-state index contributed by atoms with van der Waals surface area (Å²) in [6, 6.07) is 8.20. The average Bonchev–Trinajstić information content (AvgIpc) is 2.54. The fourth-order valence-corrected chi connectivity index (χ4v) is 1.76. The average molecular weight is 218 g/mol. The van der Waals surface area contributed by atoms with Gasteiger partial charge >= 0.3 is 0 Å². The number of aryl methyl sites for hydroxylation is 1. The Morgan fingerprint density at radius 2 is 2.12 bits per heavy atom. The fraction of sp³-hybridized carbons (Fsp3) is 0.385. The van der Waals surface area contributed by atoms with Crippen molar-refractivity contribution in [2.45, 2.75) is 26.4 Å². The van der Waals surface area contributed by atoms with Gasteiger partial charge in [-0.25, -0.2) is 0 Å². The Labute approximate surface area is 95.5 Å². The van der Waals surface area contributed by atoms with Crippen LogP contribution in [0, 0.1) is 6.92 Å². The normalized spacial score (nSPS) is 12.0. The van der Waals surface area contributed by atoms with Crippen LogP contribution in [0.2, 0.25) is 0 Å². The van der Waals surface area contributed by atoms with E-state index in [4.69, 9.17) is 0 Å². The zero-order valence-corrected chi connectivity index (χ0v) is 9.96. The van der Waals surface area contributed by atoms with Crippen LogP contribution in [0.1, 0.15) is 19.5 Å². The lowest BCUT2D eigenvalue weighted by molar-refractivity contribution is 0.0945. The number of hydrogen-bond donors (Lipinski definition) is 3. The first-order valence-electron chi connectivity index (χ1n) is 5.50. The molecule has 3 heteroatoms. The smallest absolute Gasteiger partial charge is 0.0763 e. The lowest BCUT2D eigenvalue weighted by Crippen LogP contribution is -2.29. The molecule has 1 aromatic heterocycles. The van der Waals surface area contributed by atoms with E-state index >= 15 is 0 Å². The molecule has 0 aliphatic carbocycles. The Morgan fingerprint density at radius 1 is 1.38 bits per heavy atom. The minimum Gasteiger partial charge on any atom is -0.389 e. The van der Waals surface area contributed by atoms with Crippen LogP contribution in [0.4, 0.5) is 5.69 Å². The molecule has 86 valence electrons. The lowest BCUT2D eigenvalue weighted by atomic mass is 10.1. The number of fused-ring (bicyclic) bond motifs is 1. The lowest BCUT2D eigenvalue weighted by Gasteiger charge is -2.18. The summed E-state index contributed by atoms with van der Waals surface area (Å²) in [6.45, 7) is 6.17. The maximum atomic E-state index is 9.69. The number of anilines is 1. The Balaban J connectivity index is 2.30. The second-order valence-electron chi connectivity index (χ2n) is 4.89. The Hall–Kier alpha value is -1.48. The highest BCUT2D eigenvalue weighted by Crippen LogP contribution is 2.24. The number of aromatic amines is 1. The van der Waals surface area contributed by atoms with Crippen LogP contribution >= 0.6 is 0 Å². The Morgan fingerprint density at radius 3 is 2.81 bits per heavy atom. The van der Waals surface area contributed by atoms with Crippen molar-refractivity contribution in [1.29, 1.82) is 0 Å². The molecule has 1 heterocycles. The van der Waals surface area contributed by atoms with Crippen molar-refractivity contribution >= 4 is 16.6 Å². The molecule has 2 aromatic rings. The number of nitrogens with one attached hydrogen (secondary N) is 2. The Bertz CT molecular complexity index is 494. The molecular formula is C13H18N2O. The number of aromatic nitrogens is 1. The Kier molecular flexibility index (Phi) is 2.64. The third-order valence-corrected chi connectivity index (χ3v) is 2.51. The minimum absolute atomic E-state index is 0.538. The number of hydrogen-bond acceptors (Lipinski definition) is 2. The quantitative estimate of drug-likeness (QED) is 0.741. The third-order valence-electron chi connectivity index (χ3n) is 2.51. The highest BCUT2D eigenvalue weighted by atomic mass is 16.3. The predicted molar refractivity (Wildman–Crippen MR) is 67.8 cm³/mol. The fourth-order valence-electron chi connectivity index (χ4n) is 1.76. The molecule has 3 N–H and O–H groups in total. The molecule has 0 radical (unpaired) electrons. The molecule has 0 aliphatic rings. The van der Waals surface area contributed by atoms with Crippen molar-refractivity contribution in [3.05, 3.63) is 30.0 Å². The third kappa shape index (κ3) is 2.36. The summed E-state index contributed by atoms with van der Waals surface area (Å²) in [4.78, 5) is 3.29. The topological polar surface area (TPSA) is 48.0 Å². The van der Waals surface area contributed by atoms with Gasteiger partial charge in [0.25, 0.3) is 0 Å². The summed E-state index contributed by atoms with van der Waals surface area (Å²) in [5, 5.41) is 14.1. The van der Waals surface area contributed by atoms with E-state index in [1.165, 1.54) is 5.39 Å². The first-order valence-corrected chi connectivity index (χ1v) is 5.50. The van der Waals surface area contributed by atoms with E-state index in [1.54, 1.807) is 13.8 Å². The summed E-state index contributed by atoms with van der Waals surface area (Å²) >= 11 is 0. The van der Waals surface area contributed by atoms with Crippen molar-refractivity contribution in [1.82, 2.24) is 4.98 Å². The molecule has 0 aliphatic heterocycles. The van der Waals surface area contributed by atoms with Crippen LogP contribution < -0.4 is 5.32 Å². The molecule has 0 spiro atoms. The van der Waals surface area contributed by atoms with Crippen molar-refractivity contribution < 1.29 is 5.11 Å². The van der Waals surface area contributed by atoms with Crippen LogP contribution in [0.5, 0.6) is 0 Å². The first kappa shape index (κ1) is 11.0.